The largest absolute Gasteiger partial charge is 0.478 e. The summed E-state index contributed by atoms with van der Waals surface area (Å²) in [4.78, 5) is 23.0. The first kappa shape index (κ1) is 25.3. The van der Waals surface area contributed by atoms with Crippen LogP contribution in [0, 0.1) is 0 Å². The fourth-order valence-electron chi connectivity index (χ4n) is 5.68. The van der Waals surface area contributed by atoms with E-state index >= 15 is 0 Å². The number of likely N-dealkylation sites (tertiary alicyclic amines) is 1. The molecule has 39 heavy (non-hydrogen) atoms. The first-order chi connectivity index (χ1) is 18.9. The Morgan fingerprint density at radius 3 is 2.74 bits per heavy atom. The molecule has 2 aromatic carbocycles. The number of carboxylic acid groups (broad SMARTS) is 1. The highest BCUT2D eigenvalue weighted by Gasteiger charge is 2.41. The lowest BCUT2D eigenvalue weighted by Gasteiger charge is -2.32. The number of aromatic nitrogens is 3. The van der Waals surface area contributed by atoms with Crippen LogP contribution in [0.3, 0.4) is 0 Å². The molecule has 4 aromatic rings. The normalized spacial score (nSPS) is 19.5. The Balaban J connectivity index is 1.18. The molecule has 2 aliphatic heterocycles. The maximum atomic E-state index is 11.5. The SMILES string of the molecule is COCCn1c(CN2CCC(c3cccc4c3O[C@@](C)(c3cccnc3)O4)CC2)nc2ccc(C(=O)O)cc21. The summed E-state index contributed by atoms with van der Waals surface area (Å²) in [5, 5.41) is 9.46. The summed E-state index contributed by atoms with van der Waals surface area (Å²) in [6, 6.07) is 15.1. The second kappa shape index (κ2) is 10.3. The van der Waals surface area contributed by atoms with Crippen LogP contribution in [0.4, 0.5) is 0 Å². The number of pyridine rings is 1. The van der Waals surface area contributed by atoms with Crippen molar-refractivity contribution in [1.29, 1.82) is 0 Å². The number of piperidine rings is 1. The molecule has 6 rings (SSSR count). The van der Waals surface area contributed by atoms with Crippen LogP contribution in [-0.2, 0) is 23.6 Å². The predicted molar refractivity (Wildman–Crippen MR) is 145 cm³/mol. The molecule has 2 aromatic heterocycles. The zero-order valence-corrected chi connectivity index (χ0v) is 22.2. The minimum atomic E-state index is -0.942. The second-order valence-corrected chi connectivity index (χ2v) is 10.3. The molecular weight excluding hydrogens is 496 g/mol. The van der Waals surface area contributed by atoms with Crippen LogP contribution in [0.1, 0.15) is 53.0 Å². The number of para-hydroxylation sites is 1. The highest BCUT2D eigenvalue weighted by molar-refractivity contribution is 5.92. The van der Waals surface area contributed by atoms with Gasteiger partial charge in [-0.3, -0.25) is 9.88 Å². The number of hydrogen-bond donors (Lipinski definition) is 1. The van der Waals surface area contributed by atoms with Crippen molar-refractivity contribution in [3.8, 4) is 11.5 Å². The molecule has 0 radical (unpaired) electrons. The lowest BCUT2D eigenvalue weighted by atomic mass is 9.88. The quantitative estimate of drug-likeness (QED) is 0.348. The Hall–Kier alpha value is -3.95. The topological polar surface area (TPSA) is 98.9 Å². The van der Waals surface area contributed by atoms with Crippen molar-refractivity contribution in [2.24, 2.45) is 0 Å². The molecule has 0 bridgehead atoms. The standard InChI is InChI=1S/C30H32N4O5/c1-30(22-5-4-12-31-18-22)38-26-7-3-6-23(28(26)39-30)20-10-13-33(14-11-20)19-27-32-24-9-8-21(29(35)36)17-25(24)34(27)15-16-37-2/h3-9,12,17-18,20H,10-11,13-16,19H2,1-2H3,(H,35,36)/t30-/m0/s1. The Morgan fingerprint density at radius 1 is 1.15 bits per heavy atom. The summed E-state index contributed by atoms with van der Waals surface area (Å²) in [7, 11) is 1.67. The van der Waals surface area contributed by atoms with E-state index in [0.717, 1.165) is 59.9 Å². The predicted octanol–water partition coefficient (Wildman–Crippen LogP) is 4.80. The van der Waals surface area contributed by atoms with Crippen molar-refractivity contribution in [1.82, 2.24) is 19.4 Å². The number of ether oxygens (including phenoxy) is 3. The molecule has 1 atom stereocenters. The zero-order chi connectivity index (χ0) is 27.0. The minimum absolute atomic E-state index is 0.259. The summed E-state index contributed by atoms with van der Waals surface area (Å²) in [6.07, 6.45) is 5.51. The third-order valence-corrected chi connectivity index (χ3v) is 7.78. The van der Waals surface area contributed by atoms with Gasteiger partial charge in [0.15, 0.2) is 11.5 Å². The maximum Gasteiger partial charge on any atom is 0.335 e. The van der Waals surface area contributed by atoms with Crippen molar-refractivity contribution >= 4 is 17.0 Å². The smallest absolute Gasteiger partial charge is 0.335 e. The fraction of sp³-hybridized carbons (Fsp3) is 0.367. The number of aromatic carboxylic acids is 1. The number of nitrogens with zero attached hydrogens (tertiary/aromatic N) is 4. The summed E-state index contributed by atoms with van der Waals surface area (Å²) in [5.74, 6) is 1.05. The van der Waals surface area contributed by atoms with Crippen LogP contribution in [0.5, 0.6) is 11.5 Å². The summed E-state index contributed by atoms with van der Waals surface area (Å²) < 4.78 is 20.2. The molecule has 2 aliphatic rings. The van der Waals surface area contributed by atoms with Crippen molar-refractivity contribution < 1.29 is 24.1 Å². The van der Waals surface area contributed by atoms with E-state index in [-0.39, 0.29) is 5.56 Å². The maximum absolute atomic E-state index is 11.5. The van der Waals surface area contributed by atoms with E-state index in [1.54, 1.807) is 37.7 Å². The number of rotatable bonds is 8. The molecule has 1 saturated heterocycles. The molecule has 0 saturated carbocycles. The van der Waals surface area contributed by atoms with Crippen LogP contribution in [0.2, 0.25) is 0 Å². The van der Waals surface area contributed by atoms with Crippen molar-refractivity contribution in [2.75, 3.05) is 26.8 Å². The van der Waals surface area contributed by atoms with Crippen LogP contribution >= 0.6 is 0 Å². The van der Waals surface area contributed by atoms with E-state index in [2.05, 4.69) is 20.5 Å². The third-order valence-electron chi connectivity index (χ3n) is 7.78. The highest BCUT2D eigenvalue weighted by atomic mass is 16.7. The summed E-state index contributed by atoms with van der Waals surface area (Å²) in [6.45, 7) is 5.61. The number of fused-ring (bicyclic) bond motifs is 2. The molecule has 1 N–H and O–H groups in total. The monoisotopic (exact) mass is 528 g/mol. The van der Waals surface area contributed by atoms with E-state index < -0.39 is 11.8 Å². The van der Waals surface area contributed by atoms with Crippen LogP contribution in [0.25, 0.3) is 11.0 Å². The second-order valence-electron chi connectivity index (χ2n) is 10.3. The average molecular weight is 529 g/mol. The Morgan fingerprint density at radius 2 is 2.00 bits per heavy atom. The lowest BCUT2D eigenvalue weighted by molar-refractivity contribution is -0.0688. The molecule has 9 heteroatoms. The van der Waals surface area contributed by atoms with Crippen molar-refractivity contribution in [3.05, 3.63) is 83.4 Å². The molecule has 0 spiro atoms. The Labute approximate surface area is 227 Å². The minimum Gasteiger partial charge on any atom is -0.478 e. The van der Waals surface area contributed by atoms with Gasteiger partial charge in [-0.05, 0) is 68.2 Å². The van der Waals surface area contributed by atoms with E-state index in [0.29, 0.717) is 25.6 Å². The fourth-order valence-corrected chi connectivity index (χ4v) is 5.68. The van der Waals surface area contributed by atoms with Gasteiger partial charge in [-0.2, -0.15) is 0 Å². The number of hydrogen-bond acceptors (Lipinski definition) is 7. The van der Waals surface area contributed by atoms with Gasteiger partial charge in [0.2, 0.25) is 0 Å². The van der Waals surface area contributed by atoms with E-state index in [9.17, 15) is 9.90 Å². The first-order valence-electron chi connectivity index (χ1n) is 13.3. The van der Waals surface area contributed by atoms with Crippen molar-refractivity contribution in [3.63, 3.8) is 0 Å². The van der Waals surface area contributed by atoms with Gasteiger partial charge in [0.05, 0.1) is 35.3 Å². The molecule has 9 nitrogen and oxygen atoms in total. The van der Waals surface area contributed by atoms with Gasteiger partial charge in [0.1, 0.15) is 5.82 Å². The molecule has 0 aliphatic carbocycles. The molecule has 1 fully saturated rings. The average Bonchev–Trinajstić information content (AvgIpc) is 3.49. The Bertz CT molecular complexity index is 1500. The highest BCUT2D eigenvalue weighted by Crippen LogP contribution is 2.49. The number of imidazole rings is 1. The third kappa shape index (κ3) is 4.84. The van der Waals surface area contributed by atoms with Gasteiger partial charge >= 0.3 is 5.97 Å². The van der Waals surface area contributed by atoms with E-state index in [1.165, 1.54) is 5.56 Å². The van der Waals surface area contributed by atoms with Gasteiger partial charge in [-0.1, -0.05) is 12.1 Å². The number of benzene rings is 2. The molecule has 202 valence electrons. The van der Waals surface area contributed by atoms with Gasteiger partial charge in [-0.15, -0.1) is 0 Å². The van der Waals surface area contributed by atoms with E-state index in [1.807, 2.05) is 31.2 Å². The molecule has 0 unspecified atom stereocenters. The van der Waals surface area contributed by atoms with Gasteiger partial charge in [0, 0.05) is 38.5 Å². The van der Waals surface area contributed by atoms with Gasteiger partial charge < -0.3 is 23.9 Å². The van der Waals surface area contributed by atoms with Gasteiger partial charge in [-0.25, -0.2) is 9.78 Å². The summed E-state index contributed by atoms with van der Waals surface area (Å²) >= 11 is 0. The number of methoxy groups -OCH3 is 1. The number of carbonyl (C=O) groups is 1. The lowest BCUT2D eigenvalue weighted by Crippen LogP contribution is -2.34. The van der Waals surface area contributed by atoms with Crippen LogP contribution in [0.15, 0.2) is 60.9 Å². The summed E-state index contributed by atoms with van der Waals surface area (Å²) in [5.41, 5.74) is 3.96. The van der Waals surface area contributed by atoms with Crippen LogP contribution in [-0.4, -0.2) is 57.3 Å². The van der Waals surface area contributed by atoms with Crippen molar-refractivity contribution in [2.45, 2.75) is 44.6 Å². The van der Waals surface area contributed by atoms with Crippen LogP contribution < -0.4 is 9.47 Å². The molecule has 0 amide bonds. The molecule has 4 heterocycles. The zero-order valence-electron chi connectivity index (χ0n) is 22.2. The Kier molecular flexibility index (Phi) is 6.70. The first-order valence-corrected chi connectivity index (χ1v) is 13.3. The van der Waals surface area contributed by atoms with E-state index in [4.69, 9.17) is 19.2 Å². The van der Waals surface area contributed by atoms with Gasteiger partial charge in [0.25, 0.3) is 5.79 Å². The number of carboxylic acids is 1. The molecular formula is C30H32N4O5.